The van der Waals surface area contributed by atoms with Gasteiger partial charge in [0.05, 0.1) is 5.92 Å². The van der Waals surface area contributed by atoms with Crippen LogP contribution in [0.5, 0.6) is 0 Å². The topological polar surface area (TPSA) is 61.4 Å². The summed E-state index contributed by atoms with van der Waals surface area (Å²) >= 11 is 0. The molecule has 19 heavy (non-hydrogen) atoms. The Bertz CT molecular complexity index is 278. The minimum absolute atomic E-state index is 0.0823. The number of piperidine rings is 2. The standard InChI is InChI=1S/C14H25N3O2/c18-13(17-9-2-1-3-10-17)6-8-16-14(19)12-5-4-7-15-11-12/h12,15H,1-11H2,(H,16,19)/t12-/m1/s1. The Balaban J connectivity index is 1.62. The van der Waals surface area contributed by atoms with Gasteiger partial charge < -0.3 is 15.5 Å². The number of nitrogens with one attached hydrogen (secondary N) is 2. The summed E-state index contributed by atoms with van der Waals surface area (Å²) in [7, 11) is 0. The molecule has 5 heteroatoms. The predicted molar refractivity (Wildman–Crippen MR) is 73.7 cm³/mol. The zero-order valence-electron chi connectivity index (χ0n) is 11.6. The Morgan fingerprint density at radius 1 is 1.16 bits per heavy atom. The van der Waals surface area contributed by atoms with Gasteiger partial charge in [-0.1, -0.05) is 0 Å². The van der Waals surface area contributed by atoms with Crippen LogP contribution in [0.2, 0.25) is 0 Å². The highest BCUT2D eigenvalue weighted by atomic mass is 16.2. The molecule has 2 aliphatic heterocycles. The normalized spacial score (nSPS) is 24.0. The maximum absolute atomic E-state index is 11.9. The largest absolute Gasteiger partial charge is 0.355 e. The highest BCUT2D eigenvalue weighted by molar-refractivity contribution is 5.80. The Hall–Kier alpha value is -1.10. The van der Waals surface area contributed by atoms with Crippen molar-refractivity contribution in [2.45, 2.75) is 38.5 Å². The van der Waals surface area contributed by atoms with Crippen LogP contribution in [0.4, 0.5) is 0 Å². The lowest BCUT2D eigenvalue weighted by Gasteiger charge is -2.27. The van der Waals surface area contributed by atoms with Crippen molar-refractivity contribution in [3.63, 3.8) is 0 Å². The molecule has 0 bridgehead atoms. The molecule has 2 saturated heterocycles. The lowest BCUT2D eigenvalue weighted by atomic mass is 9.99. The minimum atomic E-state index is 0.0823. The van der Waals surface area contributed by atoms with Crippen molar-refractivity contribution in [3.05, 3.63) is 0 Å². The first-order valence-corrected chi connectivity index (χ1v) is 7.53. The number of carbonyl (C=O) groups is 2. The fraction of sp³-hybridized carbons (Fsp3) is 0.857. The van der Waals surface area contributed by atoms with E-state index in [-0.39, 0.29) is 17.7 Å². The van der Waals surface area contributed by atoms with Crippen molar-refractivity contribution >= 4 is 11.8 Å². The number of carbonyl (C=O) groups excluding carboxylic acids is 2. The van der Waals surface area contributed by atoms with E-state index >= 15 is 0 Å². The van der Waals surface area contributed by atoms with Crippen LogP contribution in [-0.2, 0) is 9.59 Å². The monoisotopic (exact) mass is 267 g/mol. The Morgan fingerprint density at radius 2 is 1.95 bits per heavy atom. The van der Waals surface area contributed by atoms with Gasteiger partial charge in [-0.05, 0) is 38.6 Å². The quantitative estimate of drug-likeness (QED) is 0.780. The summed E-state index contributed by atoms with van der Waals surface area (Å²) in [4.78, 5) is 25.7. The summed E-state index contributed by atoms with van der Waals surface area (Å²) in [6.45, 7) is 4.03. The maximum Gasteiger partial charge on any atom is 0.224 e. The van der Waals surface area contributed by atoms with E-state index in [1.54, 1.807) is 0 Å². The van der Waals surface area contributed by atoms with Gasteiger partial charge >= 0.3 is 0 Å². The number of nitrogens with zero attached hydrogens (tertiary/aromatic N) is 1. The fourth-order valence-corrected chi connectivity index (χ4v) is 2.81. The average Bonchev–Trinajstić information content (AvgIpc) is 2.49. The smallest absolute Gasteiger partial charge is 0.224 e. The van der Waals surface area contributed by atoms with Crippen molar-refractivity contribution < 1.29 is 9.59 Å². The molecule has 0 aromatic carbocycles. The first-order valence-electron chi connectivity index (χ1n) is 7.53. The summed E-state index contributed by atoms with van der Waals surface area (Å²) in [5.41, 5.74) is 0. The molecule has 1 atom stereocenters. The molecular formula is C14H25N3O2. The van der Waals surface area contributed by atoms with Gasteiger partial charge in [0.25, 0.3) is 0 Å². The molecule has 0 aliphatic carbocycles. The first-order chi connectivity index (χ1) is 9.27. The Labute approximate surface area is 115 Å². The highest BCUT2D eigenvalue weighted by Gasteiger charge is 2.21. The molecule has 5 nitrogen and oxygen atoms in total. The Kier molecular flexibility index (Phi) is 5.63. The zero-order chi connectivity index (χ0) is 13.5. The van der Waals surface area contributed by atoms with E-state index in [9.17, 15) is 9.59 Å². The van der Waals surface area contributed by atoms with E-state index < -0.39 is 0 Å². The van der Waals surface area contributed by atoms with Crippen molar-refractivity contribution in [2.24, 2.45) is 5.92 Å². The molecule has 0 radical (unpaired) electrons. The second-order valence-corrected chi connectivity index (χ2v) is 5.53. The van der Waals surface area contributed by atoms with Crippen molar-refractivity contribution in [1.29, 1.82) is 0 Å². The van der Waals surface area contributed by atoms with E-state index in [2.05, 4.69) is 10.6 Å². The molecule has 2 amide bonds. The summed E-state index contributed by atoms with van der Waals surface area (Å²) in [6.07, 6.45) is 5.92. The zero-order valence-corrected chi connectivity index (χ0v) is 11.6. The van der Waals surface area contributed by atoms with Gasteiger partial charge in [0, 0.05) is 32.6 Å². The molecule has 0 spiro atoms. The van der Waals surface area contributed by atoms with Crippen LogP contribution in [0.15, 0.2) is 0 Å². The van der Waals surface area contributed by atoms with Gasteiger partial charge in [-0.25, -0.2) is 0 Å². The van der Waals surface area contributed by atoms with Gasteiger partial charge in [0.2, 0.25) is 11.8 Å². The molecule has 2 fully saturated rings. The van der Waals surface area contributed by atoms with Gasteiger partial charge in [0.15, 0.2) is 0 Å². The summed E-state index contributed by atoms with van der Waals surface area (Å²) < 4.78 is 0. The lowest BCUT2D eigenvalue weighted by molar-refractivity contribution is -0.132. The summed E-state index contributed by atoms with van der Waals surface area (Å²) in [5, 5.41) is 6.13. The number of hydrogen-bond donors (Lipinski definition) is 2. The van der Waals surface area contributed by atoms with Crippen LogP contribution in [0, 0.1) is 5.92 Å². The van der Waals surface area contributed by atoms with Crippen LogP contribution in [0.25, 0.3) is 0 Å². The second-order valence-electron chi connectivity index (χ2n) is 5.53. The van der Waals surface area contributed by atoms with Crippen LogP contribution in [-0.4, -0.2) is 49.4 Å². The average molecular weight is 267 g/mol. The number of hydrogen-bond acceptors (Lipinski definition) is 3. The van der Waals surface area contributed by atoms with Gasteiger partial charge in [-0.15, -0.1) is 0 Å². The molecule has 108 valence electrons. The molecular weight excluding hydrogens is 242 g/mol. The molecule has 2 heterocycles. The van der Waals surface area contributed by atoms with E-state index in [1.807, 2.05) is 4.90 Å². The second kappa shape index (κ2) is 7.48. The third-order valence-corrected chi connectivity index (χ3v) is 4.01. The SMILES string of the molecule is O=C(NCCC(=O)N1CCCCC1)[C@@H]1CCCNC1. The molecule has 2 N–H and O–H groups in total. The molecule has 2 aliphatic rings. The third kappa shape index (κ3) is 4.49. The lowest BCUT2D eigenvalue weighted by Crippen LogP contribution is -2.42. The summed E-state index contributed by atoms with van der Waals surface area (Å²) in [5.74, 6) is 0.360. The highest BCUT2D eigenvalue weighted by Crippen LogP contribution is 2.11. The fourth-order valence-electron chi connectivity index (χ4n) is 2.81. The van der Waals surface area contributed by atoms with Crippen LogP contribution >= 0.6 is 0 Å². The number of amides is 2. The van der Waals surface area contributed by atoms with Crippen molar-refractivity contribution in [2.75, 3.05) is 32.7 Å². The van der Waals surface area contributed by atoms with Gasteiger partial charge in [-0.2, -0.15) is 0 Å². The number of rotatable bonds is 4. The van der Waals surface area contributed by atoms with Gasteiger partial charge in [0.1, 0.15) is 0 Å². The maximum atomic E-state index is 11.9. The third-order valence-electron chi connectivity index (χ3n) is 4.01. The van der Waals surface area contributed by atoms with Crippen molar-refractivity contribution in [1.82, 2.24) is 15.5 Å². The van der Waals surface area contributed by atoms with E-state index in [1.165, 1.54) is 6.42 Å². The molecule has 2 rings (SSSR count). The molecule has 0 unspecified atom stereocenters. The first kappa shape index (κ1) is 14.3. The number of likely N-dealkylation sites (tertiary alicyclic amines) is 1. The van der Waals surface area contributed by atoms with Crippen molar-refractivity contribution in [3.8, 4) is 0 Å². The summed E-state index contributed by atoms with van der Waals surface area (Å²) in [6, 6.07) is 0. The van der Waals surface area contributed by atoms with Crippen LogP contribution < -0.4 is 10.6 Å². The molecule has 0 aromatic rings. The van der Waals surface area contributed by atoms with Crippen LogP contribution in [0.3, 0.4) is 0 Å². The van der Waals surface area contributed by atoms with Crippen LogP contribution in [0.1, 0.15) is 38.5 Å². The minimum Gasteiger partial charge on any atom is -0.355 e. The van der Waals surface area contributed by atoms with Gasteiger partial charge in [-0.3, -0.25) is 9.59 Å². The van der Waals surface area contributed by atoms with E-state index in [0.717, 1.165) is 51.9 Å². The predicted octanol–water partition coefficient (Wildman–Crippen LogP) is 0.505. The Morgan fingerprint density at radius 3 is 2.63 bits per heavy atom. The van der Waals surface area contributed by atoms with E-state index in [0.29, 0.717) is 13.0 Å². The molecule has 0 aromatic heterocycles. The molecule has 0 saturated carbocycles. The van der Waals surface area contributed by atoms with E-state index in [4.69, 9.17) is 0 Å².